The molecular weight excluding hydrogens is 284 g/mol. The first-order chi connectivity index (χ1) is 11.2. The second-order valence-corrected chi connectivity index (χ2v) is 7.19. The Morgan fingerprint density at radius 1 is 0.739 bits per heavy atom. The Balaban J connectivity index is 3.14. The Hall–Kier alpha value is -0.530. The molecule has 0 saturated heterocycles. The van der Waals surface area contributed by atoms with E-state index in [1.807, 2.05) is 0 Å². The molecule has 0 saturated carbocycles. The minimum atomic E-state index is -0.00614. The van der Waals surface area contributed by atoms with E-state index in [0.717, 1.165) is 12.8 Å². The highest BCUT2D eigenvalue weighted by Gasteiger charge is 2.05. The third-order valence-electron chi connectivity index (χ3n) is 4.71. The number of carbonyl (C=O) groups excluding carboxylic acids is 1. The second kappa shape index (κ2) is 17.8. The summed E-state index contributed by atoms with van der Waals surface area (Å²) in [7, 11) is 0. The normalized spacial score (nSPS) is 12.3. The zero-order chi connectivity index (χ0) is 17.2. The third-order valence-corrected chi connectivity index (χ3v) is 4.71. The Morgan fingerprint density at radius 3 is 1.61 bits per heavy atom. The van der Waals surface area contributed by atoms with E-state index in [1.165, 1.54) is 77.0 Å². The van der Waals surface area contributed by atoms with Crippen molar-refractivity contribution in [1.29, 1.82) is 0 Å². The van der Waals surface area contributed by atoms with Crippen LogP contribution in [0.1, 0.15) is 117 Å². The van der Waals surface area contributed by atoms with Crippen molar-refractivity contribution in [2.45, 2.75) is 117 Å². The van der Waals surface area contributed by atoms with Gasteiger partial charge in [-0.25, -0.2) is 0 Å². The van der Waals surface area contributed by atoms with Gasteiger partial charge in [-0.3, -0.25) is 4.79 Å². The molecule has 0 radical (unpaired) electrons. The average Bonchev–Trinajstić information content (AvgIpc) is 2.56. The number of ether oxygens (including phenoxy) is 1. The van der Waals surface area contributed by atoms with Crippen LogP contribution in [0.5, 0.6) is 0 Å². The number of rotatable bonds is 17. The number of carbonyl (C=O) groups is 1. The molecule has 0 rings (SSSR count). The first kappa shape index (κ1) is 22.5. The van der Waals surface area contributed by atoms with Gasteiger partial charge in [0.25, 0.3) is 0 Å². The van der Waals surface area contributed by atoms with Gasteiger partial charge >= 0.3 is 5.97 Å². The SMILES string of the molecule is CCCCCCCCCCCCCCCC(=O)OC[C@@H](C)CC. The predicted molar refractivity (Wildman–Crippen MR) is 101 cm³/mol. The number of esters is 1. The van der Waals surface area contributed by atoms with Crippen LogP contribution in [0.4, 0.5) is 0 Å². The Kier molecular flexibility index (Phi) is 17.4. The van der Waals surface area contributed by atoms with Crippen molar-refractivity contribution >= 4 is 5.97 Å². The lowest BCUT2D eigenvalue weighted by Gasteiger charge is -2.09. The molecule has 0 aromatic rings. The zero-order valence-corrected chi connectivity index (χ0v) is 16.2. The van der Waals surface area contributed by atoms with Gasteiger partial charge in [0.2, 0.25) is 0 Å². The average molecular weight is 327 g/mol. The van der Waals surface area contributed by atoms with Crippen LogP contribution in [0, 0.1) is 5.92 Å². The van der Waals surface area contributed by atoms with Crippen molar-refractivity contribution in [1.82, 2.24) is 0 Å². The quantitative estimate of drug-likeness (QED) is 0.211. The fraction of sp³-hybridized carbons (Fsp3) is 0.952. The van der Waals surface area contributed by atoms with Crippen LogP contribution < -0.4 is 0 Å². The summed E-state index contributed by atoms with van der Waals surface area (Å²) in [4.78, 5) is 11.5. The monoisotopic (exact) mass is 326 g/mol. The van der Waals surface area contributed by atoms with Gasteiger partial charge < -0.3 is 4.74 Å². The molecule has 0 aliphatic carbocycles. The molecule has 0 amide bonds. The fourth-order valence-corrected chi connectivity index (χ4v) is 2.71. The lowest BCUT2D eigenvalue weighted by molar-refractivity contribution is -0.145. The molecule has 0 unspecified atom stereocenters. The van der Waals surface area contributed by atoms with Crippen molar-refractivity contribution < 1.29 is 9.53 Å². The molecule has 0 heterocycles. The first-order valence-electron chi connectivity index (χ1n) is 10.4. The van der Waals surface area contributed by atoms with Crippen LogP contribution in [-0.2, 0) is 9.53 Å². The van der Waals surface area contributed by atoms with E-state index in [1.54, 1.807) is 0 Å². The highest BCUT2D eigenvalue weighted by atomic mass is 16.5. The zero-order valence-electron chi connectivity index (χ0n) is 16.2. The molecule has 2 heteroatoms. The van der Waals surface area contributed by atoms with Gasteiger partial charge in [-0.2, -0.15) is 0 Å². The minimum Gasteiger partial charge on any atom is -0.465 e. The maximum Gasteiger partial charge on any atom is 0.305 e. The van der Waals surface area contributed by atoms with E-state index in [0.29, 0.717) is 18.9 Å². The van der Waals surface area contributed by atoms with Gasteiger partial charge in [0.15, 0.2) is 0 Å². The number of unbranched alkanes of at least 4 members (excludes halogenated alkanes) is 12. The summed E-state index contributed by atoms with van der Waals surface area (Å²) in [5, 5.41) is 0. The highest BCUT2D eigenvalue weighted by molar-refractivity contribution is 5.69. The predicted octanol–water partition coefficient (Wildman–Crippen LogP) is 7.06. The molecule has 138 valence electrons. The van der Waals surface area contributed by atoms with E-state index in [2.05, 4.69) is 20.8 Å². The lowest BCUT2D eigenvalue weighted by Crippen LogP contribution is -2.11. The smallest absolute Gasteiger partial charge is 0.305 e. The van der Waals surface area contributed by atoms with E-state index < -0.39 is 0 Å². The van der Waals surface area contributed by atoms with Crippen molar-refractivity contribution in [3.05, 3.63) is 0 Å². The van der Waals surface area contributed by atoms with Crippen LogP contribution >= 0.6 is 0 Å². The van der Waals surface area contributed by atoms with Crippen LogP contribution in [0.15, 0.2) is 0 Å². The Labute approximate surface area is 145 Å². The molecule has 0 aliphatic heterocycles. The molecule has 0 bridgehead atoms. The van der Waals surface area contributed by atoms with Gasteiger partial charge in [0.1, 0.15) is 0 Å². The third kappa shape index (κ3) is 17.7. The van der Waals surface area contributed by atoms with Crippen molar-refractivity contribution in [3.63, 3.8) is 0 Å². The fourth-order valence-electron chi connectivity index (χ4n) is 2.71. The van der Waals surface area contributed by atoms with Crippen LogP contribution in [-0.4, -0.2) is 12.6 Å². The summed E-state index contributed by atoms with van der Waals surface area (Å²) >= 11 is 0. The summed E-state index contributed by atoms with van der Waals surface area (Å²) in [6.07, 6.45) is 19.1. The first-order valence-corrected chi connectivity index (χ1v) is 10.4. The molecule has 23 heavy (non-hydrogen) atoms. The molecule has 0 aromatic carbocycles. The number of hydrogen-bond donors (Lipinski definition) is 0. The van der Waals surface area contributed by atoms with Gasteiger partial charge in [0.05, 0.1) is 6.61 Å². The summed E-state index contributed by atoms with van der Waals surface area (Å²) in [6.45, 7) is 7.12. The summed E-state index contributed by atoms with van der Waals surface area (Å²) < 4.78 is 5.26. The van der Waals surface area contributed by atoms with Gasteiger partial charge in [-0.15, -0.1) is 0 Å². The Bertz CT molecular complexity index is 250. The summed E-state index contributed by atoms with van der Waals surface area (Å²) in [5.41, 5.74) is 0. The standard InChI is InChI=1S/C21H42O2/c1-4-6-7-8-9-10-11-12-13-14-15-16-17-18-21(22)23-19-20(3)5-2/h20H,4-19H2,1-3H3/t20-/m0/s1. The van der Waals surface area contributed by atoms with Gasteiger partial charge in [-0.1, -0.05) is 104 Å². The Morgan fingerprint density at radius 2 is 1.17 bits per heavy atom. The largest absolute Gasteiger partial charge is 0.465 e. The van der Waals surface area contributed by atoms with Crippen LogP contribution in [0.25, 0.3) is 0 Å². The van der Waals surface area contributed by atoms with Gasteiger partial charge in [0, 0.05) is 6.42 Å². The lowest BCUT2D eigenvalue weighted by atomic mass is 10.0. The molecule has 2 nitrogen and oxygen atoms in total. The molecule has 0 fully saturated rings. The molecule has 0 spiro atoms. The van der Waals surface area contributed by atoms with Gasteiger partial charge in [-0.05, 0) is 12.3 Å². The summed E-state index contributed by atoms with van der Waals surface area (Å²) in [5.74, 6) is 0.485. The van der Waals surface area contributed by atoms with Crippen LogP contribution in [0.3, 0.4) is 0 Å². The van der Waals surface area contributed by atoms with Crippen molar-refractivity contribution in [3.8, 4) is 0 Å². The number of hydrogen-bond acceptors (Lipinski definition) is 2. The molecular formula is C21H42O2. The van der Waals surface area contributed by atoms with E-state index in [9.17, 15) is 4.79 Å². The van der Waals surface area contributed by atoms with E-state index in [-0.39, 0.29) is 5.97 Å². The van der Waals surface area contributed by atoms with Crippen LogP contribution in [0.2, 0.25) is 0 Å². The topological polar surface area (TPSA) is 26.3 Å². The summed E-state index contributed by atoms with van der Waals surface area (Å²) in [6, 6.07) is 0. The molecule has 0 N–H and O–H groups in total. The van der Waals surface area contributed by atoms with Crippen molar-refractivity contribution in [2.24, 2.45) is 5.92 Å². The minimum absolute atomic E-state index is 0.00614. The second-order valence-electron chi connectivity index (χ2n) is 7.19. The molecule has 1 atom stereocenters. The van der Waals surface area contributed by atoms with Crippen molar-refractivity contribution in [2.75, 3.05) is 6.61 Å². The van der Waals surface area contributed by atoms with E-state index in [4.69, 9.17) is 4.74 Å². The maximum atomic E-state index is 11.5. The molecule has 0 aliphatic rings. The highest BCUT2D eigenvalue weighted by Crippen LogP contribution is 2.13. The van der Waals surface area contributed by atoms with E-state index >= 15 is 0 Å². The molecule has 0 aromatic heterocycles. The maximum absolute atomic E-state index is 11.5.